The average molecular weight is 315 g/mol. The van der Waals surface area contributed by atoms with E-state index in [1.54, 1.807) is 17.2 Å². The van der Waals surface area contributed by atoms with Crippen LogP contribution in [0.15, 0.2) is 24.3 Å². The van der Waals surface area contributed by atoms with Crippen molar-refractivity contribution < 1.29 is 9.00 Å². The zero-order valence-electron chi connectivity index (χ0n) is 11.8. The second kappa shape index (κ2) is 6.24. The van der Waals surface area contributed by atoms with E-state index in [1.807, 2.05) is 32.0 Å². The molecule has 1 saturated heterocycles. The van der Waals surface area contributed by atoms with E-state index in [1.165, 1.54) is 0 Å². The van der Waals surface area contributed by atoms with Gasteiger partial charge in [0.1, 0.15) is 6.17 Å². The van der Waals surface area contributed by atoms with Gasteiger partial charge in [0.15, 0.2) is 0 Å². The lowest BCUT2D eigenvalue weighted by molar-refractivity contribution is -0.129. The second-order valence-corrected chi connectivity index (χ2v) is 7.38. The summed E-state index contributed by atoms with van der Waals surface area (Å²) in [6.07, 6.45) is 1.46. The van der Waals surface area contributed by atoms with E-state index in [-0.39, 0.29) is 23.4 Å². The highest BCUT2D eigenvalue weighted by Crippen LogP contribution is 2.27. The van der Waals surface area contributed by atoms with Crippen LogP contribution in [0.2, 0.25) is 5.02 Å². The number of rotatable bonds is 4. The average Bonchev–Trinajstić information content (AvgIpc) is 2.67. The van der Waals surface area contributed by atoms with E-state index in [9.17, 15) is 9.00 Å². The first kappa shape index (κ1) is 15.5. The third kappa shape index (κ3) is 3.22. The summed E-state index contributed by atoms with van der Waals surface area (Å²) >= 11 is 6.02. The lowest BCUT2D eigenvalue weighted by Crippen LogP contribution is -2.37. The molecule has 4 unspecified atom stereocenters. The van der Waals surface area contributed by atoms with E-state index in [0.717, 1.165) is 5.56 Å². The molecule has 20 heavy (non-hydrogen) atoms. The van der Waals surface area contributed by atoms with E-state index >= 15 is 0 Å². The van der Waals surface area contributed by atoms with Crippen molar-refractivity contribution in [3.8, 4) is 0 Å². The molecule has 1 aliphatic rings. The molecule has 6 heteroatoms. The van der Waals surface area contributed by atoms with Crippen molar-refractivity contribution in [2.45, 2.75) is 31.3 Å². The number of hydrogen-bond acceptors (Lipinski definition) is 3. The summed E-state index contributed by atoms with van der Waals surface area (Å²) in [7, 11) is -0.956. The van der Waals surface area contributed by atoms with Crippen LogP contribution in [0.5, 0.6) is 0 Å². The molecule has 1 aliphatic heterocycles. The number of hydrogen-bond donors (Lipinski definition) is 1. The lowest BCUT2D eigenvalue weighted by Gasteiger charge is -2.26. The molecule has 0 saturated carbocycles. The fraction of sp³-hybridized carbons (Fsp3) is 0.500. The van der Waals surface area contributed by atoms with Crippen LogP contribution in [0.1, 0.15) is 25.6 Å². The van der Waals surface area contributed by atoms with Crippen molar-refractivity contribution in [2.75, 3.05) is 12.8 Å². The minimum atomic E-state index is -0.956. The summed E-state index contributed by atoms with van der Waals surface area (Å²) in [4.78, 5) is 14.0. The highest BCUT2D eigenvalue weighted by molar-refractivity contribution is 7.84. The Bertz CT molecular complexity index is 538. The molecule has 1 heterocycles. The Labute approximate surface area is 126 Å². The molecule has 1 aromatic carbocycles. The van der Waals surface area contributed by atoms with Gasteiger partial charge in [-0.05, 0) is 31.5 Å². The van der Waals surface area contributed by atoms with Crippen LogP contribution in [0.3, 0.4) is 0 Å². The van der Waals surface area contributed by atoms with Gasteiger partial charge in [0.2, 0.25) is 5.91 Å². The van der Waals surface area contributed by atoms with Gasteiger partial charge in [0.25, 0.3) is 0 Å². The van der Waals surface area contributed by atoms with Gasteiger partial charge in [-0.1, -0.05) is 23.7 Å². The Morgan fingerprint density at radius 1 is 1.50 bits per heavy atom. The maximum absolute atomic E-state index is 12.3. The smallest absolute Gasteiger partial charge is 0.241 e. The molecule has 110 valence electrons. The molecule has 1 aromatic rings. The molecular weight excluding hydrogens is 296 g/mol. The molecule has 4 nitrogen and oxygen atoms in total. The van der Waals surface area contributed by atoms with Crippen molar-refractivity contribution in [3.05, 3.63) is 34.9 Å². The van der Waals surface area contributed by atoms with Gasteiger partial charge < -0.3 is 4.90 Å². The van der Waals surface area contributed by atoms with E-state index < -0.39 is 10.8 Å². The Morgan fingerprint density at radius 3 is 2.80 bits per heavy atom. The first-order chi connectivity index (χ1) is 9.40. The number of nitrogens with zero attached hydrogens (tertiary/aromatic N) is 1. The highest BCUT2D eigenvalue weighted by atomic mass is 35.5. The number of halogens is 1. The maximum Gasteiger partial charge on any atom is 0.241 e. The zero-order valence-corrected chi connectivity index (χ0v) is 13.4. The Hall–Kier alpha value is -0.910. The maximum atomic E-state index is 12.3. The van der Waals surface area contributed by atoms with Gasteiger partial charge in [-0.25, -0.2) is 0 Å². The first-order valence-electron chi connectivity index (χ1n) is 6.54. The molecule has 0 spiro atoms. The van der Waals surface area contributed by atoms with E-state index in [0.29, 0.717) is 11.6 Å². The van der Waals surface area contributed by atoms with Crippen LogP contribution in [0.25, 0.3) is 0 Å². The first-order valence-corrected chi connectivity index (χ1v) is 8.54. The molecule has 1 fully saturated rings. The van der Waals surface area contributed by atoms with Crippen LogP contribution in [0, 0.1) is 0 Å². The number of carbonyl (C=O) groups is 1. The van der Waals surface area contributed by atoms with E-state index in [2.05, 4.69) is 5.32 Å². The summed E-state index contributed by atoms with van der Waals surface area (Å²) in [5.74, 6) is 0.0345. The molecule has 0 bridgehead atoms. The fourth-order valence-electron chi connectivity index (χ4n) is 2.30. The van der Waals surface area contributed by atoms with E-state index in [4.69, 9.17) is 11.6 Å². The predicted molar refractivity (Wildman–Crippen MR) is 82.0 cm³/mol. The molecular formula is C14H19ClN2O2S. The molecule has 0 aromatic heterocycles. The predicted octanol–water partition coefficient (Wildman–Crippen LogP) is 1.93. The molecule has 4 atom stereocenters. The molecule has 0 aliphatic carbocycles. The standard InChI is InChI=1S/C14H19ClN2O2S/c1-9(20(3)19)8-17-13(16-10(2)14(17)18)11-5-4-6-12(15)7-11/h4-7,9-10,13,16H,8H2,1-3H3. The zero-order chi connectivity index (χ0) is 14.9. The summed E-state index contributed by atoms with van der Waals surface area (Å²) in [6, 6.07) is 7.23. The SMILES string of the molecule is CC1NC(c2cccc(Cl)c2)N(CC(C)S(C)=O)C1=O. The van der Waals surface area contributed by atoms with Gasteiger partial charge in [-0.2, -0.15) is 0 Å². The van der Waals surface area contributed by atoms with Gasteiger partial charge in [0.05, 0.1) is 6.04 Å². The Kier molecular flexibility index (Phi) is 4.83. The van der Waals surface area contributed by atoms with Crippen molar-refractivity contribution >= 4 is 28.3 Å². The van der Waals surface area contributed by atoms with Crippen molar-refractivity contribution in [1.29, 1.82) is 0 Å². The quantitative estimate of drug-likeness (QED) is 0.924. The Morgan fingerprint density at radius 2 is 2.20 bits per heavy atom. The summed E-state index contributed by atoms with van der Waals surface area (Å²) in [5.41, 5.74) is 0.948. The Balaban J connectivity index is 2.26. The third-order valence-electron chi connectivity index (χ3n) is 3.56. The largest absolute Gasteiger partial charge is 0.320 e. The van der Waals surface area contributed by atoms with Crippen LogP contribution >= 0.6 is 11.6 Å². The lowest BCUT2D eigenvalue weighted by atomic mass is 10.1. The van der Waals surface area contributed by atoms with Gasteiger partial charge in [-0.15, -0.1) is 0 Å². The van der Waals surface area contributed by atoms with Crippen molar-refractivity contribution in [2.24, 2.45) is 0 Å². The van der Waals surface area contributed by atoms with Gasteiger partial charge >= 0.3 is 0 Å². The normalized spacial score (nSPS) is 25.8. The summed E-state index contributed by atoms with van der Waals surface area (Å²) in [5, 5.41) is 3.84. The van der Waals surface area contributed by atoms with Crippen molar-refractivity contribution in [3.63, 3.8) is 0 Å². The number of nitrogens with one attached hydrogen (secondary N) is 1. The van der Waals surface area contributed by atoms with Crippen molar-refractivity contribution in [1.82, 2.24) is 10.2 Å². The van der Waals surface area contributed by atoms with Gasteiger partial charge in [-0.3, -0.25) is 14.3 Å². The minimum Gasteiger partial charge on any atom is -0.320 e. The second-order valence-electron chi connectivity index (χ2n) is 5.15. The van der Waals surface area contributed by atoms with Crippen LogP contribution < -0.4 is 5.32 Å². The highest BCUT2D eigenvalue weighted by Gasteiger charge is 2.37. The molecule has 1 N–H and O–H groups in total. The number of carbonyl (C=O) groups excluding carboxylic acids is 1. The van der Waals surface area contributed by atoms with Crippen LogP contribution in [-0.2, 0) is 15.6 Å². The summed E-state index contributed by atoms with van der Waals surface area (Å²) in [6.45, 7) is 4.20. The van der Waals surface area contributed by atoms with Crippen LogP contribution in [0.4, 0.5) is 0 Å². The monoisotopic (exact) mass is 314 g/mol. The van der Waals surface area contributed by atoms with Gasteiger partial charge in [0, 0.05) is 33.9 Å². The number of amides is 1. The van der Waals surface area contributed by atoms with Crippen LogP contribution in [-0.4, -0.2) is 39.1 Å². The molecule has 1 amide bonds. The third-order valence-corrected chi connectivity index (χ3v) is 5.08. The molecule has 2 rings (SSSR count). The fourth-order valence-corrected chi connectivity index (χ4v) is 2.87. The summed E-state index contributed by atoms with van der Waals surface area (Å²) < 4.78 is 11.5. The molecule has 0 radical (unpaired) electrons. The topological polar surface area (TPSA) is 49.4 Å². The minimum absolute atomic E-state index is 0.0345. The number of benzene rings is 1.